The summed E-state index contributed by atoms with van der Waals surface area (Å²) in [6.45, 7) is 2.45. The second kappa shape index (κ2) is 7.33. The number of rotatable bonds is 6. The summed E-state index contributed by atoms with van der Waals surface area (Å²) in [6, 6.07) is 8.57. The van der Waals surface area contributed by atoms with Gasteiger partial charge in [-0.05, 0) is 41.6 Å². The van der Waals surface area contributed by atoms with Crippen molar-refractivity contribution in [3.63, 3.8) is 0 Å². The average molecular weight is 307 g/mol. The van der Waals surface area contributed by atoms with Crippen LogP contribution >= 0.6 is 11.3 Å². The second-order valence-electron chi connectivity index (χ2n) is 4.80. The third-order valence-corrected chi connectivity index (χ3v) is 4.31. The fraction of sp³-hybridized carbons (Fsp3) is 0.312. The van der Waals surface area contributed by atoms with Gasteiger partial charge in [0.25, 0.3) is 0 Å². The van der Waals surface area contributed by atoms with Gasteiger partial charge in [0, 0.05) is 11.4 Å². The number of hydrogen-bond donors (Lipinski definition) is 1. The van der Waals surface area contributed by atoms with Gasteiger partial charge in [0.2, 0.25) is 0 Å². The number of carbonyl (C=O) groups is 1. The number of nitrogens with one attached hydrogen (secondary N) is 1. The van der Waals surface area contributed by atoms with Crippen molar-refractivity contribution in [3.05, 3.63) is 57.5 Å². The molecule has 2 aromatic rings. The summed E-state index contributed by atoms with van der Waals surface area (Å²) >= 11 is 1.60. The molecule has 1 atom stereocenters. The van der Waals surface area contributed by atoms with E-state index in [1.165, 1.54) is 19.2 Å². The zero-order valence-corrected chi connectivity index (χ0v) is 12.9. The molecule has 0 aliphatic carbocycles. The molecule has 3 nitrogen and oxygen atoms in total. The first-order chi connectivity index (χ1) is 10.1. The molecule has 0 fully saturated rings. The van der Waals surface area contributed by atoms with Gasteiger partial charge < -0.3 is 10.1 Å². The summed E-state index contributed by atoms with van der Waals surface area (Å²) in [5.41, 5.74) is 1.91. The van der Waals surface area contributed by atoms with E-state index in [1.54, 1.807) is 17.4 Å². The zero-order chi connectivity index (χ0) is 15.2. The van der Waals surface area contributed by atoms with Gasteiger partial charge in [0.15, 0.2) is 0 Å². The molecule has 0 saturated carbocycles. The van der Waals surface area contributed by atoms with E-state index in [0.717, 1.165) is 16.0 Å². The van der Waals surface area contributed by atoms with Crippen LogP contribution in [-0.2, 0) is 16.1 Å². The van der Waals surface area contributed by atoms with Crippen LogP contribution in [0.3, 0.4) is 0 Å². The molecule has 0 amide bonds. The number of carbonyl (C=O) groups excluding carboxylic acids is 1. The van der Waals surface area contributed by atoms with E-state index in [9.17, 15) is 9.18 Å². The standard InChI is InChI=1S/C16H18FNO2S/c1-11-8-13(17)6-5-12(11)10-18-14(9-16(19)20-2)15-4-3-7-21-15/h3-8,14,18H,9-10H2,1-2H3. The Morgan fingerprint density at radius 3 is 2.86 bits per heavy atom. The third-order valence-electron chi connectivity index (χ3n) is 3.33. The minimum Gasteiger partial charge on any atom is -0.469 e. The molecule has 0 radical (unpaired) electrons. The van der Waals surface area contributed by atoms with Crippen molar-refractivity contribution in [1.82, 2.24) is 5.32 Å². The molecule has 0 spiro atoms. The van der Waals surface area contributed by atoms with Crippen molar-refractivity contribution in [3.8, 4) is 0 Å². The molecular formula is C16H18FNO2S. The molecule has 2 rings (SSSR count). The highest BCUT2D eigenvalue weighted by molar-refractivity contribution is 7.10. The number of thiophene rings is 1. The predicted molar refractivity (Wildman–Crippen MR) is 81.7 cm³/mol. The number of ether oxygens (including phenoxy) is 1. The van der Waals surface area contributed by atoms with Crippen molar-refractivity contribution in [1.29, 1.82) is 0 Å². The Morgan fingerprint density at radius 2 is 2.24 bits per heavy atom. The lowest BCUT2D eigenvalue weighted by atomic mass is 10.1. The van der Waals surface area contributed by atoms with E-state index in [-0.39, 0.29) is 24.2 Å². The second-order valence-corrected chi connectivity index (χ2v) is 5.78. The number of halogens is 1. The Morgan fingerprint density at radius 1 is 1.43 bits per heavy atom. The SMILES string of the molecule is COC(=O)CC(NCc1ccc(F)cc1C)c1cccs1. The fourth-order valence-electron chi connectivity index (χ4n) is 2.10. The van der Waals surface area contributed by atoms with E-state index in [0.29, 0.717) is 6.54 Å². The van der Waals surface area contributed by atoms with Crippen LogP contribution in [0.2, 0.25) is 0 Å². The van der Waals surface area contributed by atoms with Crippen LogP contribution < -0.4 is 5.32 Å². The van der Waals surface area contributed by atoms with Gasteiger partial charge in [-0.15, -0.1) is 11.3 Å². The molecule has 5 heteroatoms. The number of esters is 1. The first kappa shape index (κ1) is 15.7. The number of hydrogen-bond acceptors (Lipinski definition) is 4. The maximum absolute atomic E-state index is 13.1. The van der Waals surface area contributed by atoms with Crippen LogP contribution in [0.4, 0.5) is 4.39 Å². The van der Waals surface area contributed by atoms with E-state index in [1.807, 2.05) is 24.4 Å². The summed E-state index contributed by atoms with van der Waals surface area (Å²) in [6.07, 6.45) is 0.275. The van der Waals surface area contributed by atoms with E-state index in [2.05, 4.69) is 5.32 Å². The monoisotopic (exact) mass is 307 g/mol. The van der Waals surface area contributed by atoms with Gasteiger partial charge in [-0.25, -0.2) is 4.39 Å². The lowest BCUT2D eigenvalue weighted by molar-refractivity contribution is -0.141. The first-order valence-electron chi connectivity index (χ1n) is 6.68. The van der Waals surface area contributed by atoms with Gasteiger partial charge in [-0.2, -0.15) is 0 Å². The van der Waals surface area contributed by atoms with Crippen LogP contribution in [0.25, 0.3) is 0 Å². The van der Waals surface area contributed by atoms with Crippen LogP contribution in [0.15, 0.2) is 35.7 Å². The third kappa shape index (κ3) is 4.37. The molecule has 0 bridgehead atoms. The van der Waals surface area contributed by atoms with E-state index >= 15 is 0 Å². The first-order valence-corrected chi connectivity index (χ1v) is 7.56. The molecule has 1 N–H and O–H groups in total. The Hall–Kier alpha value is -1.72. The van der Waals surface area contributed by atoms with E-state index < -0.39 is 0 Å². The minimum absolute atomic E-state index is 0.0955. The fourth-order valence-corrected chi connectivity index (χ4v) is 2.91. The smallest absolute Gasteiger partial charge is 0.307 e. The van der Waals surface area contributed by atoms with Gasteiger partial charge in [-0.1, -0.05) is 12.1 Å². The van der Waals surface area contributed by atoms with Gasteiger partial charge in [0.05, 0.1) is 19.6 Å². The van der Waals surface area contributed by atoms with Crippen molar-refractivity contribution < 1.29 is 13.9 Å². The summed E-state index contributed by atoms with van der Waals surface area (Å²) in [7, 11) is 1.39. The van der Waals surface area contributed by atoms with Crippen molar-refractivity contribution in [2.24, 2.45) is 0 Å². The maximum atomic E-state index is 13.1. The van der Waals surface area contributed by atoms with Gasteiger partial charge in [0.1, 0.15) is 5.82 Å². The van der Waals surface area contributed by atoms with Crippen LogP contribution in [0, 0.1) is 12.7 Å². The lowest BCUT2D eigenvalue weighted by Crippen LogP contribution is -2.23. The highest BCUT2D eigenvalue weighted by Crippen LogP contribution is 2.23. The van der Waals surface area contributed by atoms with Gasteiger partial charge >= 0.3 is 5.97 Å². The lowest BCUT2D eigenvalue weighted by Gasteiger charge is -2.17. The molecular weight excluding hydrogens is 289 g/mol. The minimum atomic E-state index is -0.253. The van der Waals surface area contributed by atoms with E-state index in [4.69, 9.17) is 4.74 Å². The molecule has 0 aliphatic rings. The summed E-state index contributed by atoms with van der Waals surface area (Å²) in [4.78, 5) is 12.6. The number of methoxy groups -OCH3 is 1. The highest BCUT2D eigenvalue weighted by atomic mass is 32.1. The molecule has 1 unspecified atom stereocenters. The molecule has 112 valence electrons. The summed E-state index contributed by atoms with van der Waals surface area (Å²) in [5.74, 6) is -0.489. The molecule has 1 heterocycles. The topological polar surface area (TPSA) is 38.3 Å². The Labute approximate surface area is 127 Å². The van der Waals surface area contributed by atoms with Crippen molar-refractivity contribution >= 4 is 17.3 Å². The molecule has 0 aliphatic heterocycles. The van der Waals surface area contributed by atoms with Crippen molar-refractivity contribution in [2.75, 3.05) is 7.11 Å². The molecule has 0 saturated heterocycles. The summed E-state index contributed by atoms with van der Waals surface area (Å²) in [5, 5.41) is 5.33. The van der Waals surface area contributed by atoms with Crippen LogP contribution in [0.5, 0.6) is 0 Å². The van der Waals surface area contributed by atoms with Crippen molar-refractivity contribution in [2.45, 2.75) is 25.9 Å². The molecule has 1 aromatic carbocycles. The molecule has 21 heavy (non-hydrogen) atoms. The van der Waals surface area contributed by atoms with Gasteiger partial charge in [-0.3, -0.25) is 4.79 Å². The summed E-state index contributed by atoms with van der Waals surface area (Å²) < 4.78 is 17.9. The maximum Gasteiger partial charge on any atom is 0.307 e. The zero-order valence-electron chi connectivity index (χ0n) is 12.1. The number of benzene rings is 1. The van der Waals surface area contributed by atoms with Crippen LogP contribution in [-0.4, -0.2) is 13.1 Å². The highest BCUT2D eigenvalue weighted by Gasteiger charge is 2.17. The quantitative estimate of drug-likeness (QED) is 0.829. The molecule has 1 aromatic heterocycles. The van der Waals surface area contributed by atoms with Crippen LogP contribution in [0.1, 0.15) is 28.5 Å². The normalized spacial score (nSPS) is 12.1. The predicted octanol–water partition coefficient (Wildman–Crippen LogP) is 3.59. The Kier molecular flexibility index (Phi) is 5.47. The largest absolute Gasteiger partial charge is 0.469 e. The number of aryl methyl sites for hydroxylation is 1. The average Bonchev–Trinajstić information content (AvgIpc) is 2.98. The Balaban J connectivity index is 2.06. The Bertz CT molecular complexity index is 598.